The maximum atomic E-state index is 14.1. The Hall–Kier alpha value is -2.06. The molecule has 7 atom stereocenters. The zero-order valence-corrected chi connectivity index (χ0v) is 21.9. The lowest BCUT2D eigenvalue weighted by molar-refractivity contribution is -0.143. The van der Waals surface area contributed by atoms with Gasteiger partial charge in [-0.25, -0.2) is 0 Å². The number of amides is 3. The maximum absolute atomic E-state index is 14.1. The quantitative estimate of drug-likeness (QED) is 0.404. The molecular formula is C27H39N3O4S. The summed E-state index contributed by atoms with van der Waals surface area (Å²) in [6.45, 7) is 6.54. The summed E-state index contributed by atoms with van der Waals surface area (Å²) in [5.74, 6) is -1.45. The molecular weight excluding hydrogens is 462 g/mol. The van der Waals surface area contributed by atoms with Gasteiger partial charge in [-0.2, -0.15) is 0 Å². The van der Waals surface area contributed by atoms with E-state index in [0.717, 1.165) is 38.5 Å². The normalized spacial score (nSPS) is 30.7. The summed E-state index contributed by atoms with van der Waals surface area (Å²) < 4.78 is -0.629. The van der Waals surface area contributed by atoms with Crippen molar-refractivity contribution >= 4 is 35.2 Å². The molecule has 2 bridgehead atoms. The van der Waals surface area contributed by atoms with Crippen molar-refractivity contribution < 1.29 is 19.5 Å². The minimum absolute atomic E-state index is 0.0152. The minimum atomic E-state index is -0.669. The number of para-hydroxylation sites is 1. The number of hydrogen-bond acceptors (Lipinski definition) is 5. The molecule has 3 heterocycles. The molecule has 1 aromatic rings. The van der Waals surface area contributed by atoms with E-state index in [1.807, 2.05) is 44.2 Å². The highest BCUT2D eigenvalue weighted by molar-refractivity contribution is 8.02. The Labute approximate surface area is 212 Å². The molecule has 7 nitrogen and oxygen atoms in total. The van der Waals surface area contributed by atoms with Gasteiger partial charge in [0.05, 0.1) is 29.2 Å². The van der Waals surface area contributed by atoms with E-state index in [1.54, 1.807) is 16.7 Å². The molecule has 8 heteroatoms. The van der Waals surface area contributed by atoms with Crippen LogP contribution in [0.2, 0.25) is 0 Å². The van der Waals surface area contributed by atoms with Crippen molar-refractivity contribution in [1.29, 1.82) is 0 Å². The Bertz CT molecular complexity index is 928. The summed E-state index contributed by atoms with van der Waals surface area (Å²) in [7, 11) is 0. The average molecular weight is 502 g/mol. The molecule has 0 aliphatic carbocycles. The minimum Gasteiger partial charge on any atom is -0.394 e. The second-order valence-corrected chi connectivity index (χ2v) is 11.9. The third-order valence-electron chi connectivity index (χ3n) is 8.26. The summed E-state index contributed by atoms with van der Waals surface area (Å²) in [6.07, 6.45) is 5.31. The number of benzene rings is 1. The van der Waals surface area contributed by atoms with E-state index in [0.29, 0.717) is 12.2 Å². The van der Waals surface area contributed by atoms with Crippen molar-refractivity contribution in [3.63, 3.8) is 0 Å². The highest BCUT2D eigenvalue weighted by Gasteiger charge is 2.74. The van der Waals surface area contributed by atoms with E-state index < -0.39 is 28.7 Å². The highest BCUT2D eigenvalue weighted by atomic mass is 32.2. The van der Waals surface area contributed by atoms with Gasteiger partial charge in [-0.3, -0.25) is 14.4 Å². The lowest BCUT2D eigenvalue weighted by Gasteiger charge is -2.39. The van der Waals surface area contributed by atoms with Gasteiger partial charge >= 0.3 is 0 Å². The van der Waals surface area contributed by atoms with Crippen LogP contribution in [-0.2, 0) is 14.4 Å². The second-order valence-electron chi connectivity index (χ2n) is 10.3. The molecule has 4 rings (SSSR count). The topological polar surface area (TPSA) is 98.7 Å². The van der Waals surface area contributed by atoms with Gasteiger partial charge < -0.3 is 20.6 Å². The van der Waals surface area contributed by atoms with E-state index >= 15 is 0 Å². The van der Waals surface area contributed by atoms with Crippen molar-refractivity contribution in [3.05, 3.63) is 30.3 Å². The van der Waals surface area contributed by atoms with Gasteiger partial charge in [0.15, 0.2) is 0 Å². The summed E-state index contributed by atoms with van der Waals surface area (Å²) in [5.41, 5.74) is 0.708. The van der Waals surface area contributed by atoms with Crippen molar-refractivity contribution in [2.75, 3.05) is 18.5 Å². The number of likely N-dealkylation sites (tertiary alicyclic amines) is 1. The second kappa shape index (κ2) is 10.9. The third-order valence-corrected chi connectivity index (χ3v) is 10.2. The average Bonchev–Trinajstić information content (AvgIpc) is 3.50. The molecule has 3 aliphatic heterocycles. The van der Waals surface area contributed by atoms with Crippen LogP contribution in [-0.4, -0.2) is 63.0 Å². The summed E-state index contributed by atoms with van der Waals surface area (Å²) >= 11 is 1.67. The van der Waals surface area contributed by atoms with E-state index in [4.69, 9.17) is 0 Å². The number of carbonyl (C=O) groups is 3. The Morgan fingerprint density at radius 1 is 1.20 bits per heavy atom. The van der Waals surface area contributed by atoms with Crippen molar-refractivity contribution in [1.82, 2.24) is 10.2 Å². The molecule has 192 valence electrons. The number of nitrogens with zero attached hydrogens (tertiary/aromatic N) is 1. The molecule has 3 amide bonds. The molecule has 3 fully saturated rings. The van der Waals surface area contributed by atoms with Crippen molar-refractivity contribution in [3.8, 4) is 0 Å². The van der Waals surface area contributed by atoms with Crippen LogP contribution < -0.4 is 10.6 Å². The van der Waals surface area contributed by atoms with Crippen LogP contribution in [0.4, 0.5) is 5.69 Å². The van der Waals surface area contributed by atoms with Gasteiger partial charge in [-0.15, -0.1) is 11.8 Å². The first kappa shape index (κ1) is 26.0. The van der Waals surface area contributed by atoms with Gasteiger partial charge in [0.1, 0.15) is 6.04 Å². The first-order chi connectivity index (χ1) is 16.9. The number of hydrogen-bond donors (Lipinski definition) is 3. The molecule has 0 radical (unpaired) electrons. The highest BCUT2D eigenvalue weighted by Crippen LogP contribution is 2.66. The van der Waals surface area contributed by atoms with Gasteiger partial charge in [-0.1, -0.05) is 58.2 Å². The molecule has 35 heavy (non-hydrogen) atoms. The van der Waals surface area contributed by atoms with Crippen LogP contribution >= 0.6 is 11.8 Å². The van der Waals surface area contributed by atoms with Crippen LogP contribution in [0.25, 0.3) is 0 Å². The van der Waals surface area contributed by atoms with Gasteiger partial charge in [0.25, 0.3) is 0 Å². The van der Waals surface area contributed by atoms with Gasteiger partial charge in [-0.05, 0) is 37.3 Å². The number of thioether (sulfide) groups is 1. The monoisotopic (exact) mass is 501 g/mol. The number of aliphatic hydroxyl groups is 1. The smallest absolute Gasteiger partial charge is 0.244 e. The first-order valence-electron chi connectivity index (χ1n) is 13.1. The number of nitrogens with one attached hydrogen (secondary N) is 2. The Morgan fingerprint density at radius 3 is 2.60 bits per heavy atom. The number of anilines is 1. The molecule has 3 aliphatic rings. The van der Waals surface area contributed by atoms with E-state index in [1.165, 1.54) is 0 Å². The lowest BCUT2D eigenvalue weighted by atomic mass is 9.70. The zero-order chi connectivity index (χ0) is 25.2. The van der Waals surface area contributed by atoms with E-state index in [2.05, 4.69) is 17.6 Å². The fourth-order valence-electron chi connectivity index (χ4n) is 6.29. The Balaban J connectivity index is 1.66. The number of unbranched alkanes of at least 4 members (excludes halogenated alkanes) is 2. The number of aliphatic hydroxyl groups excluding tert-OH is 1. The van der Waals surface area contributed by atoms with Crippen LogP contribution in [0.3, 0.4) is 0 Å². The van der Waals surface area contributed by atoms with Crippen LogP contribution in [0.5, 0.6) is 0 Å². The Kier molecular flexibility index (Phi) is 8.11. The van der Waals surface area contributed by atoms with Crippen LogP contribution in [0.15, 0.2) is 30.3 Å². The predicted molar refractivity (Wildman–Crippen MR) is 139 cm³/mol. The Morgan fingerprint density at radius 2 is 1.94 bits per heavy atom. The summed E-state index contributed by atoms with van der Waals surface area (Å²) in [6, 6.07) is 8.19. The zero-order valence-electron chi connectivity index (χ0n) is 21.0. The number of rotatable bonds is 11. The van der Waals surface area contributed by atoms with Crippen molar-refractivity contribution in [2.45, 2.75) is 81.4 Å². The lowest BCUT2D eigenvalue weighted by Crippen LogP contribution is -2.57. The van der Waals surface area contributed by atoms with Crippen LogP contribution in [0.1, 0.15) is 59.3 Å². The first-order valence-corrected chi connectivity index (χ1v) is 14.0. The number of carbonyl (C=O) groups excluding carboxylic acids is 3. The van der Waals surface area contributed by atoms with E-state index in [9.17, 15) is 19.5 Å². The standard InChI is InChI=1S/C27H39N3O4S/c1-4-6-10-15-28-25(33)23-27-14-13-20(35-27)21(24(32)29-18-11-8-7-9-12-18)22(27)26(34)30(23)19(16-31)17(3)5-2/h7-9,11-12,17,19-23,31H,4-6,10,13-16H2,1-3H3,(H,28,33)(H,29,32)/t17-,19-,20-,21+,22-,23?,27?/m0/s1. The number of fused-ring (bicyclic) bond motifs is 1. The van der Waals surface area contributed by atoms with Gasteiger partial charge in [0, 0.05) is 17.5 Å². The van der Waals surface area contributed by atoms with Crippen molar-refractivity contribution in [2.24, 2.45) is 17.8 Å². The molecule has 3 saturated heterocycles. The van der Waals surface area contributed by atoms with Crippen LogP contribution in [0, 0.1) is 17.8 Å². The predicted octanol–water partition coefficient (Wildman–Crippen LogP) is 3.43. The summed E-state index contributed by atoms with van der Waals surface area (Å²) in [4.78, 5) is 43.0. The molecule has 2 unspecified atom stereocenters. The fraction of sp³-hybridized carbons (Fsp3) is 0.667. The molecule has 3 N–H and O–H groups in total. The molecule has 1 spiro atoms. The van der Waals surface area contributed by atoms with Gasteiger partial charge in [0.2, 0.25) is 17.7 Å². The molecule has 0 saturated carbocycles. The SMILES string of the molecule is CCCCCNC(=O)C1N([C@@H](CO)[C@@H](C)CC)C(=O)[C@@H]2[C@H](C(=O)Nc3ccccc3)[C@@H]3CCC12S3. The summed E-state index contributed by atoms with van der Waals surface area (Å²) in [5, 5.41) is 16.5. The van der Waals surface area contributed by atoms with E-state index in [-0.39, 0.29) is 35.5 Å². The fourth-order valence-corrected chi connectivity index (χ4v) is 8.50. The molecule has 1 aromatic carbocycles. The third kappa shape index (κ3) is 4.59. The maximum Gasteiger partial charge on any atom is 0.244 e. The molecule has 0 aromatic heterocycles. The largest absolute Gasteiger partial charge is 0.394 e.